The van der Waals surface area contributed by atoms with E-state index in [0.717, 1.165) is 13.0 Å². The molecule has 1 aliphatic rings. The maximum atomic E-state index is 4.34. The van der Waals surface area contributed by atoms with Crippen molar-refractivity contribution in [3.63, 3.8) is 0 Å². The monoisotopic (exact) mass is 291 g/mol. The third-order valence-corrected chi connectivity index (χ3v) is 5.00. The van der Waals surface area contributed by atoms with E-state index in [1.807, 2.05) is 0 Å². The first kappa shape index (κ1) is 16.5. The van der Waals surface area contributed by atoms with Crippen molar-refractivity contribution in [1.29, 1.82) is 0 Å². The van der Waals surface area contributed by atoms with Crippen LogP contribution in [0.3, 0.4) is 0 Å². The molecule has 0 aliphatic heterocycles. The molecule has 0 amide bonds. The molecule has 120 valence electrons. The minimum Gasteiger partial charge on any atom is -0.252 e. The second-order valence-electron chi connectivity index (χ2n) is 7.29. The van der Waals surface area contributed by atoms with Gasteiger partial charge in [-0.15, -0.1) is 5.10 Å². The van der Waals surface area contributed by atoms with Crippen molar-refractivity contribution in [2.24, 2.45) is 5.41 Å². The SMILES string of the molecule is CCCCCCCCCCn1cc(CC2(C)CCC2)nn1. The van der Waals surface area contributed by atoms with Gasteiger partial charge in [-0.2, -0.15) is 0 Å². The lowest BCUT2D eigenvalue weighted by atomic mass is 9.68. The van der Waals surface area contributed by atoms with Gasteiger partial charge in [-0.3, -0.25) is 4.68 Å². The van der Waals surface area contributed by atoms with E-state index in [-0.39, 0.29) is 0 Å². The summed E-state index contributed by atoms with van der Waals surface area (Å²) >= 11 is 0. The van der Waals surface area contributed by atoms with Gasteiger partial charge < -0.3 is 0 Å². The van der Waals surface area contributed by atoms with Crippen molar-refractivity contribution in [2.75, 3.05) is 0 Å². The molecular formula is C18H33N3. The molecule has 2 rings (SSSR count). The Morgan fingerprint density at radius 1 is 1.05 bits per heavy atom. The highest BCUT2D eigenvalue weighted by atomic mass is 15.4. The van der Waals surface area contributed by atoms with Crippen LogP contribution in [0, 0.1) is 5.41 Å². The highest BCUT2D eigenvalue weighted by Gasteiger charge is 2.32. The van der Waals surface area contributed by atoms with Crippen molar-refractivity contribution >= 4 is 0 Å². The Bertz CT molecular complexity index is 393. The first-order valence-electron chi connectivity index (χ1n) is 9.11. The first-order chi connectivity index (χ1) is 10.2. The molecule has 0 aromatic carbocycles. The van der Waals surface area contributed by atoms with Crippen LogP contribution in [0.15, 0.2) is 6.20 Å². The summed E-state index contributed by atoms with van der Waals surface area (Å²) in [6.45, 7) is 5.70. The summed E-state index contributed by atoms with van der Waals surface area (Å²) in [5, 5.41) is 8.63. The normalized spacial score (nSPS) is 16.9. The standard InChI is InChI=1S/C18H33N3/c1-3-4-5-6-7-8-9-10-14-21-16-17(19-20-21)15-18(2)12-11-13-18/h16H,3-15H2,1-2H3. The van der Waals surface area contributed by atoms with E-state index < -0.39 is 0 Å². The van der Waals surface area contributed by atoms with Gasteiger partial charge in [-0.05, 0) is 31.1 Å². The van der Waals surface area contributed by atoms with Crippen LogP contribution in [0.1, 0.15) is 90.2 Å². The predicted octanol–water partition coefficient (Wildman–Crippen LogP) is 5.15. The smallest absolute Gasteiger partial charge is 0.0832 e. The molecule has 1 aromatic heterocycles. The molecule has 0 radical (unpaired) electrons. The average molecular weight is 291 g/mol. The fourth-order valence-corrected chi connectivity index (χ4v) is 3.33. The summed E-state index contributed by atoms with van der Waals surface area (Å²) in [4.78, 5) is 0. The van der Waals surface area contributed by atoms with E-state index in [9.17, 15) is 0 Å². The van der Waals surface area contributed by atoms with Crippen LogP contribution >= 0.6 is 0 Å². The molecule has 0 N–H and O–H groups in total. The largest absolute Gasteiger partial charge is 0.252 e. The molecule has 1 aromatic rings. The molecule has 3 heteroatoms. The van der Waals surface area contributed by atoms with Crippen molar-refractivity contribution in [2.45, 2.75) is 97.4 Å². The summed E-state index contributed by atoms with van der Waals surface area (Å²) in [5.41, 5.74) is 1.70. The van der Waals surface area contributed by atoms with Gasteiger partial charge in [0.15, 0.2) is 0 Å². The minimum absolute atomic E-state index is 0.513. The van der Waals surface area contributed by atoms with E-state index >= 15 is 0 Å². The number of aryl methyl sites for hydroxylation is 1. The molecule has 1 heterocycles. The van der Waals surface area contributed by atoms with Crippen LogP contribution < -0.4 is 0 Å². The summed E-state index contributed by atoms with van der Waals surface area (Å²) in [7, 11) is 0. The van der Waals surface area contributed by atoms with Crippen molar-refractivity contribution in [3.8, 4) is 0 Å². The molecule has 0 spiro atoms. The fraction of sp³-hybridized carbons (Fsp3) is 0.889. The van der Waals surface area contributed by atoms with Crippen molar-refractivity contribution < 1.29 is 0 Å². The third kappa shape index (κ3) is 5.80. The van der Waals surface area contributed by atoms with E-state index in [1.54, 1.807) is 0 Å². The predicted molar refractivity (Wildman–Crippen MR) is 88.3 cm³/mol. The highest BCUT2D eigenvalue weighted by Crippen LogP contribution is 2.42. The Morgan fingerprint density at radius 2 is 1.71 bits per heavy atom. The summed E-state index contributed by atoms with van der Waals surface area (Å²) in [6.07, 6.45) is 18.3. The lowest BCUT2D eigenvalue weighted by molar-refractivity contribution is 0.159. The maximum absolute atomic E-state index is 4.34. The number of hydrogen-bond donors (Lipinski definition) is 0. The molecular weight excluding hydrogens is 258 g/mol. The van der Waals surface area contributed by atoms with Gasteiger partial charge in [0.05, 0.1) is 5.69 Å². The van der Waals surface area contributed by atoms with Gasteiger partial charge >= 0.3 is 0 Å². The molecule has 1 aliphatic carbocycles. The molecule has 1 fully saturated rings. The second-order valence-corrected chi connectivity index (χ2v) is 7.29. The quantitative estimate of drug-likeness (QED) is 0.528. The lowest BCUT2D eigenvalue weighted by Crippen LogP contribution is -2.28. The molecule has 0 saturated heterocycles. The zero-order valence-electron chi connectivity index (χ0n) is 14.1. The van der Waals surface area contributed by atoms with Crippen LogP contribution in [0.2, 0.25) is 0 Å². The van der Waals surface area contributed by atoms with Crippen LogP contribution in [-0.4, -0.2) is 15.0 Å². The van der Waals surface area contributed by atoms with Gasteiger partial charge in [0, 0.05) is 12.7 Å². The highest BCUT2D eigenvalue weighted by molar-refractivity contribution is 5.00. The number of rotatable bonds is 11. The zero-order chi connectivity index (χ0) is 15.0. The number of nitrogens with zero attached hydrogens (tertiary/aromatic N) is 3. The van der Waals surface area contributed by atoms with Crippen LogP contribution in [0.4, 0.5) is 0 Å². The van der Waals surface area contributed by atoms with Crippen molar-refractivity contribution in [3.05, 3.63) is 11.9 Å². The van der Waals surface area contributed by atoms with E-state index in [1.165, 1.54) is 76.3 Å². The van der Waals surface area contributed by atoms with Gasteiger partial charge in [-0.25, -0.2) is 0 Å². The van der Waals surface area contributed by atoms with Gasteiger partial charge in [0.25, 0.3) is 0 Å². The summed E-state index contributed by atoms with van der Waals surface area (Å²) < 4.78 is 2.05. The molecule has 1 saturated carbocycles. The van der Waals surface area contributed by atoms with Gasteiger partial charge in [0.1, 0.15) is 0 Å². The van der Waals surface area contributed by atoms with Gasteiger partial charge in [-0.1, -0.05) is 70.4 Å². The Labute approximate surface area is 130 Å². The Hall–Kier alpha value is -0.860. The molecule has 0 unspecified atom stereocenters. The topological polar surface area (TPSA) is 30.7 Å². The number of unbranched alkanes of at least 4 members (excludes halogenated alkanes) is 7. The Kier molecular flexibility index (Phi) is 6.72. The van der Waals surface area contributed by atoms with Gasteiger partial charge in [0.2, 0.25) is 0 Å². The Morgan fingerprint density at radius 3 is 2.33 bits per heavy atom. The van der Waals surface area contributed by atoms with Crippen LogP contribution in [0.25, 0.3) is 0 Å². The summed E-state index contributed by atoms with van der Waals surface area (Å²) in [5.74, 6) is 0. The minimum atomic E-state index is 0.513. The fourth-order valence-electron chi connectivity index (χ4n) is 3.33. The van der Waals surface area contributed by atoms with Crippen molar-refractivity contribution in [1.82, 2.24) is 15.0 Å². The van der Waals surface area contributed by atoms with Crippen LogP contribution in [-0.2, 0) is 13.0 Å². The second kappa shape index (κ2) is 8.55. The molecule has 0 atom stereocenters. The third-order valence-electron chi connectivity index (χ3n) is 5.00. The zero-order valence-corrected chi connectivity index (χ0v) is 14.1. The van der Waals surface area contributed by atoms with Crippen LogP contribution in [0.5, 0.6) is 0 Å². The molecule has 21 heavy (non-hydrogen) atoms. The summed E-state index contributed by atoms with van der Waals surface area (Å²) in [6, 6.07) is 0. The average Bonchev–Trinajstić information content (AvgIpc) is 2.87. The maximum Gasteiger partial charge on any atom is 0.0832 e. The Balaban J connectivity index is 1.54. The lowest BCUT2D eigenvalue weighted by Gasteiger charge is -2.37. The van der Waals surface area contributed by atoms with E-state index in [2.05, 4.69) is 35.0 Å². The number of hydrogen-bond acceptors (Lipinski definition) is 2. The molecule has 3 nitrogen and oxygen atoms in total. The first-order valence-corrected chi connectivity index (χ1v) is 9.11. The number of aromatic nitrogens is 3. The van der Waals surface area contributed by atoms with E-state index in [4.69, 9.17) is 0 Å². The van der Waals surface area contributed by atoms with E-state index in [0.29, 0.717) is 5.41 Å². The molecule has 0 bridgehead atoms.